The van der Waals surface area contributed by atoms with E-state index < -0.39 is 15.8 Å². The van der Waals surface area contributed by atoms with Gasteiger partial charge >= 0.3 is 0 Å². The van der Waals surface area contributed by atoms with Crippen molar-refractivity contribution in [3.63, 3.8) is 0 Å². The second-order valence-corrected chi connectivity index (χ2v) is 7.49. The van der Waals surface area contributed by atoms with Crippen LogP contribution < -0.4 is 10.0 Å². The van der Waals surface area contributed by atoms with Gasteiger partial charge in [-0.1, -0.05) is 6.92 Å². The second-order valence-electron chi connectivity index (χ2n) is 4.77. The quantitative estimate of drug-likeness (QED) is 0.680. The van der Waals surface area contributed by atoms with E-state index in [4.69, 9.17) is 0 Å². The van der Waals surface area contributed by atoms with E-state index in [1.54, 1.807) is 17.8 Å². The molecule has 0 amide bonds. The molecule has 0 saturated heterocycles. The maximum atomic E-state index is 13.9. The maximum absolute atomic E-state index is 13.9. The highest BCUT2D eigenvalue weighted by atomic mass is 32.2. The number of halogens is 1. The molecule has 0 heterocycles. The molecule has 0 aliphatic heterocycles. The first-order valence-corrected chi connectivity index (χ1v) is 9.78. The standard InChI is InChI=1S/C14H23FN2O2S2/c1-4-5-16-10-12-8-13(15)11(2)14(9-12)21(18,19)17-6-7-20-3/h8-9,16-17H,4-7,10H2,1-3H3. The lowest BCUT2D eigenvalue weighted by Crippen LogP contribution is -2.27. The molecule has 0 aromatic heterocycles. The fourth-order valence-electron chi connectivity index (χ4n) is 1.85. The zero-order valence-corrected chi connectivity index (χ0v) is 14.3. The molecule has 0 spiro atoms. The van der Waals surface area contributed by atoms with Crippen LogP contribution >= 0.6 is 11.8 Å². The molecule has 0 saturated carbocycles. The zero-order valence-electron chi connectivity index (χ0n) is 12.7. The molecule has 0 radical (unpaired) electrons. The highest BCUT2D eigenvalue weighted by Gasteiger charge is 2.19. The summed E-state index contributed by atoms with van der Waals surface area (Å²) in [7, 11) is -3.67. The van der Waals surface area contributed by atoms with Gasteiger partial charge in [-0.3, -0.25) is 0 Å². The van der Waals surface area contributed by atoms with Crippen LogP contribution in [-0.2, 0) is 16.6 Å². The first-order chi connectivity index (χ1) is 9.92. The summed E-state index contributed by atoms with van der Waals surface area (Å²) in [5.41, 5.74) is 0.794. The van der Waals surface area contributed by atoms with Crippen LogP contribution in [0.15, 0.2) is 17.0 Å². The van der Waals surface area contributed by atoms with E-state index >= 15 is 0 Å². The lowest BCUT2D eigenvalue weighted by atomic mass is 10.1. The van der Waals surface area contributed by atoms with Crippen molar-refractivity contribution in [2.45, 2.75) is 31.7 Å². The summed E-state index contributed by atoms with van der Waals surface area (Å²) in [4.78, 5) is 0.0249. The van der Waals surface area contributed by atoms with Gasteiger partial charge in [-0.2, -0.15) is 11.8 Å². The van der Waals surface area contributed by atoms with Gasteiger partial charge in [-0.25, -0.2) is 17.5 Å². The summed E-state index contributed by atoms with van der Waals surface area (Å²) in [5, 5.41) is 3.14. The minimum absolute atomic E-state index is 0.0249. The van der Waals surface area contributed by atoms with Crippen molar-refractivity contribution >= 4 is 21.8 Å². The summed E-state index contributed by atoms with van der Waals surface area (Å²) < 4.78 is 41.0. The van der Waals surface area contributed by atoms with Gasteiger partial charge in [0, 0.05) is 24.4 Å². The molecule has 21 heavy (non-hydrogen) atoms. The monoisotopic (exact) mass is 334 g/mol. The summed E-state index contributed by atoms with van der Waals surface area (Å²) in [6.07, 6.45) is 2.87. The van der Waals surface area contributed by atoms with E-state index in [1.807, 2.05) is 13.2 Å². The van der Waals surface area contributed by atoms with Gasteiger partial charge in [-0.05, 0) is 43.8 Å². The average molecular weight is 334 g/mol. The highest BCUT2D eigenvalue weighted by molar-refractivity contribution is 7.98. The van der Waals surface area contributed by atoms with Crippen molar-refractivity contribution in [1.82, 2.24) is 10.0 Å². The van der Waals surface area contributed by atoms with Crippen molar-refractivity contribution in [2.24, 2.45) is 0 Å². The Balaban J connectivity index is 2.99. The Kier molecular flexibility index (Phi) is 7.65. The van der Waals surface area contributed by atoms with Gasteiger partial charge < -0.3 is 5.32 Å². The predicted octanol–water partition coefficient (Wildman–Crippen LogP) is 2.28. The average Bonchev–Trinajstić information content (AvgIpc) is 2.42. The fourth-order valence-corrected chi connectivity index (χ4v) is 3.62. The van der Waals surface area contributed by atoms with Gasteiger partial charge in [-0.15, -0.1) is 0 Å². The molecule has 0 fully saturated rings. The minimum Gasteiger partial charge on any atom is -0.313 e. The molecule has 0 unspecified atom stereocenters. The summed E-state index contributed by atoms with van der Waals surface area (Å²) >= 11 is 1.55. The van der Waals surface area contributed by atoms with E-state index in [2.05, 4.69) is 10.0 Å². The van der Waals surface area contributed by atoms with E-state index in [9.17, 15) is 12.8 Å². The molecular weight excluding hydrogens is 311 g/mol. The van der Waals surface area contributed by atoms with Crippen LogP contribution in [0, 0.1) is 12.7 Å². The third-order valence-electron chi connectivity index (χ3n) is 3.00. The Morgan fingerprint density at radius 2 is 2.00 bits per heavy atom. The minimum atomic E-state index is -3.67. The van der Waals surface area contributed by atoms with Crippen LogP contribution in [0.3, 0.4) is 0 Å². The largest absolute Gasteiger partial charge is 0.313 e. The van der Waals surface area contributed by atoms with Gasteiger partial charge in [0.1, 0.15) is 5.82 Å². The lowest BCUT2D eigenvalue weighted by Gasteiger charge is -2.12. The Morgan fingerprint density at radius 3 is 2.62 bits per heavy atom. The first-order valence-electron chi connectivity index (χ1n) is 6.90. The molecule has 1 rings (SSSR count). The van der Waals surface area contributed by atoms with Crippen LogP contribution in [0.25, 0.3) is 0 Å². The Morgan fingerprint density at radius 1 is 1.29 bits per heavy atom. The van der Waals surface area contributed by atoms with E-state index in [0.29, 0.717) is 24.4 Å². The third kappa shape index (κ3) is 5.58. The first kappa shape index (κ1) is 18.4. The van der Waals surface area contributed by atoms with Gasteiger partial charge in [0.25, 0.3) is 0 Å². The number of sulfonamides is 1. The molecule has 1 aromatic carbocycles. The van der Waals surface area contributed by atoms with Crippen molar-refractivity contribution < 1.29 is 12.8 Å². The predicted molar refractivity (Wildman–Crippen MR) is 86.7 cm³/mol. The van der Waals surface area contributed by atoms with E-state index in [0.717, 1.165) is 13.0 Å². The van der Waals surface area contributed by atoms with Gasteiger partial charge in [0.2, 0.25) is 10.0 Å². The molecule has 4 nitrogen and oxygen atoms in total. The number of hydrogen-bond donors (Lipinski definition) is 2. The molecule has 1 aromatic rings. The Labute approximate surface area is 131 Å². The van der Waals surface area contributed by atoms with Crippen LogP contribution in [0.1, 0.15) is 24.5 Å². The number of hydrogen-bond acceptors (Lipinski definition) is 4. The zero-order chi connectivity index (χ0) is 15.9. The summed E-state index contributed by atoms with van der Waals surface area (Å²) in [6, 6.07) is 2.93. The third-order valence-corrected chi connectivity index (χ3v) is 5.20. The molecule has 2 N–H and O–H groups in total. The number of nitrogens with one attached hydrogen (secondary N) is 2. The van der Waals surface area contributed by atoms with E-state index in [1.165, 1.54) is 13.0 Å². The van der Waals surface area contributed by atoms with Crippen LogP contribution in [0.4, 0.5) is 4.39 Å². The molecule has 7 heteroatoms. The molecular formula is C14H23FN2O2S2. The van der Waals surface area contributed by atoms with Crippen molar-refractivity contribution in [3.05, 3.63) is 29.1 Å². The SMILES string of the molecule is CCCNCc1cc(F)c(C)c(S(=O)(=O)NCCSC)c1. The summed E-state index contributed by atoms with van der Waals surface area (Å²) in [6.45, 7) is 5.13. The van der Waals surface area contributed by atoms with Gasteiger partial charge in [0.15, 0.2) is 0 Å². The van der Waals surface area contributed by atoms with Crippen LogP contribution in [0.5, 0.6) is 0 Å². The number of rotatable bonds is 9. The maximum Gasteiger partial charge on any atom is 0.240 e. The number of thioether (sulfide) groups is 1. The topological polar surface area (TPSA) is 58.2 Å². The van der Waals surface area contributed by atoms with Crippen molar-refractivity contribution in [1.29, 1.82) is 0 Å². The van der Waals surface area contributed by atoms with E-state index in [-0.39, 0.29) is 10.5 Å². The summed E-state index contributed by atoms with van der Waals surface area (Å²) in [5.74, 6) is 0.189. The second kappa shape index (κ2) is 8.73. The number of benzene rings is 1. The molecule has 0 aliphatic rings. The Bertz CT molecular complexity index is 562. The van der Waals surface area contributed by atoms with Crippen molar-refractivity contribution in [2.75, 3.05) is 25.1 Å². The van der Waals surface area contributed by atoms with Crippen LogP contribution in [-0.4, -0.2) is 33.5 Å². The smallest absolute Gasteiger partial charge is 0.240 e. The van der Waals surface area contributed by atoms with Crippen molar-refractivity contribution in [3.8, 4) is 0 Å². The van der Waals surface area contributed by atoms with Gasteiger partial charge in [0.05, 0.1) is 4.90 Å². The fraction of sp³-hybridized carbons (Fsp3) is 0.571. The molecule has 120 valence electrons. The normalized spacial score (nSPS) is 11.8. The lowest BCUT2D eigenvalue weighted by molar-refractivity contribution is 0.574. The Hall–Kier alpha value is -0.630. The van der Waals surface area contributed by atoms with Crippen LogP contribution in [0.2, 0.25) is 0 Å². The highest BCUT2D eigenvalue weighted by Crippen LogP contribution is 2.20. The molecule has 0 bridgehead atoms. The molecule has 0 atom stereocenters. The molecule has 0 aliphatic carbocycles.